The van der Waals surface area contributed by atoms with E-state index >= 15 is 0 Å². The lowest BCUT2D eigenvalue weighted by Gasteiger charge is -2.25. The van der Waals surface area contributed by atoms with Crippen LogP contribution >= 0.6 is 47.6 Å². The first-order valence-corrected chi connectivity index (χ1v) is 11.5. The Balaban J connectivity index is 1.35. The zero-order chi connectivity index (χ0) is 15.4. The first-order chi connectivity index (χ1) is 10.7. The van der Waals surface area contributed by atoms with Crippen molar-refractivity contribution in [3.05, 3.63) is 0 Å². The average molecular weight is 381 g/mol. The topological polar surface area (TPSA) is 52.6 Å². The smallest absolute Gasteiger partial charge is 0.320 e. The van der Waals surface area contributed by atoms with Gasteiger partial charge in [0, 0.05) is 33.5 Å². The molecule has 3 rings (SSSR count). The summed E-state index contributed by atoms with van der Waals surface area (Å²) >= 11 is 6.33. The van der Waals surface area contributed by atoms with Crippen LogP contribution in [0.15, 0.2) is 0 Å². The molecule has 2 aliphatic heterocycles. The van der Waals surface area contributed by atoms with Crippen LogP contribution in [0.5, 0.6) is 0 Å². The van der Waals surface area contributed by atoms with E-state index in [1.165, 1.54) is 35.6 Å². The Morgan fingerprint density at radius 2 is 1.36 bits per heavy atom. The van der Waals surface area contributed by atoms with Crippen LogP contribution in [0.2, 0.25) is 0 Å². The van der Waals surface area contributed by atoms with Gasteiger partial charge in [-0.3, -0.25) is 9.59 Å². The Hall–Kier alpha value is 0.340. The Bertz CT molecular complexity index is 376. The predicted molar refractivity (Wildman–Crippen MR) is 95.0 cm³/mol. The van der Waals surface area contributed by atoms with E-state index in [9.17, 15) is 9.59 Å². The van der Waals surface area contributed by atoms with Gasteiger partial charge in [-0.1, -0.05) is 6.42 Å². The molecule has 1 saturated carbocycles. The number of hydrogen-bond donors (Lipinski definition) is 0. The summed E-state index contributed by atoms with van der Waals surface area (Å²) in [6.07, 6.45) is 3.13. The van der Waals surface area contributed by atoms with E-state index in [2.05, 4.69) is 0 Å². The summed E-state index contributed by atoms with van der Waals surface area (Å²) in [5, 5.41) is 1.32. The van der Waals surface area contributed by atoms with Crippen molar-refractivity contribution in [3.63, 3.8) is 0 Å². The largest absolute Gasteiger partial charge is 0.391 e. The quantitative estimate of drug-likeness (QED) is 0.469. The Morgan fingerprint density at radius 1 is 0.909 bits per heavy atom. The molecule has 2 heterocycles. The van der Waals surface area contributed by atoms with Gasteiger partial charge in [-0.15, -0.1) is 0 Å². The van der Waals surface area contributed by atoms with E-state index in [1.54, 1.807) is 0 Å². The minimum absolute atomic E-state index is 0.144. The lowest BCUT2D eigenvalue weighted by atomic mass is 9.81. The number of thioether (sulfide) groups is 2. The maximum Gasteiger partial charge on any atom is 0.320 e. The van der Waals surface area contributed by atoms with Gasteiger partial charge in [0.15, 0.2) is 0 Å². The first kappa shape index (κ1) is 17.2. The molecule has 0 radical (unpaired) electrons. The highest BCUT2D eigenvalue weighted by atomic mass is 32.2. The molecular formula is C14H20O4S4. The second-order valence-electron chi connectivity index (χ2n) is 5.84. The fourth-order valence-corrected chi connectivity index (χ4v) is 5.51. The van der Waals surface area contributed by atoms with Crippen LogP contribution in [0, 0.1) is 11.8 Å². The average Bonchev–Trinajstić information content (AvgIpc) is 3.42. The summed E-state index contributed by atoms with van der Waals surface area (Å²) in [6.45, 7) is 0. The highest BCUT2D eigenvalue weighted by Crippen LogP contribution is 2.36. The van der Waals surface area contributed by atoms with E-state index in [4.69, 9.17) is 8.37 Å². The highest BCUT2D eigenvalue weighted by Gasteiger charge is 2.34. The molecule has 1 aliphatic carbocycles. The van der Waals surface area contributed by atoms with Crippen molar-refractivity contribution in [2.24, 2.45) is 11.8 Å². The zero-order valence-electron chi connectivity index (χ0n) is 12.2. The number of carbonyl (C=O) groups is 2. The van der Waals surface area contributed by atoms with Gasteiger partial charge < -0.3 is 8.37 Å². The van der Waals surface area contributed by atoms with Crippen LogP contribution in [-0.4, -0.2) is 45.4 Å². The lowest BCUT2D eigenvalue weighted by molar-refractivity contribution is -0.143. The summed E-state index contributed by atoms with van der Waals surface area (Å²) in [7, 11) is 0. The summed E-state index contributed by atoms with van der Waals surface area (Å²) in [6, 6.07) is 0. The third-order valence-electron chi connectivity index (χ3n) is 3.94. The third-order valence-corrected chi connectivity index (χ3v) is 7.94. The van der Waals surface area contributed by atoms with Gasteiger partial charge in [0.05, 0.1) is 35.9 Å². The van der Waals surface area contributed by atoms with Gasteiger partial charge >= 0.3 is 11.9 Å². The van der Waals surface area contributed by atoms with Crippen LogP contribution < -0.4 is 0 Å². The van der Waals surface area contributed by atoms with Crippen LogP contribution in [0.4, 0.5) is 0 Å². The van der Waals surface area contributed by atoms with Crippen molar-refractivity contribution in [1.82, 2.24) is 0 Å². The maximum absolute atomic E-state index is 12.1. The SMILES string of the molecule is O=C(OSCC1CS1)C1CCCC(C(=O)OSCC2CS2)C1. The lowest BCUT2D eigenvalue weighted by Crippen LogP contribution is -2.28. The van der Waals surface area contributed by atoms with E-state index in [-0.39, 0.29) is 23.8 Å². The molecule has 0 amide bonds. The highest BCUT2D eigenvalue weighted by molar-refractivity contribution is 8.08. The molecule has 4 nitrogen and oxygen atoms in total. The molecule has 0 aromatic heterocycles. The number of rotatable bonds is 8. The molecule has 124 valence electrons. The van der Waals surface area contributed by atoms with Crippen molar-refractivity contribution in [2.75, 3.05) is 23.0 Å². The molecule has 0 aromatic carbocycles. The van der Waals surface area contributed by atoms with Crippen molar-refractivity contribution in [3.8, 4) is 0 Å². The van der Waals surface area contributed by atoms with Crippen LogP contribution in [0.3, 0.4) is 0 Å². The normalized spacial score (nSPS) is 33.1. The molecular weight excluding hydrogens is 360 g/mol. The van der Waals surface area contributed by atoms with Gasteiger partial charge in [0.1, 0.15) is 0 Å². The van der Waals surface area contributed by atoms with Gasteiger partial charge in [0.2, 0.25) is 0 Å². The van der Waals surface area contributed by atoms with Gasteiger partial charge in [-0.05, 0) is 19.3 Å². The first-order valence-electron chi connectivity index (χ1n) is 7.62. The maximum atomic E-state index is 12.1. The Kier molecular flexibility index (Phi) is 6.59. The Morgan fingerprint density at radius 3 is 1.77 bits per heavy atom. The van der Waals surface area contributed by atoms with Gasteiger partial charge in [-0.25, -0.2) is 0 Å². The second-order valence-corrected chi connectivity index (χ2v) is 9.98. The molecule has 2 saturated heterocycles. The summed E-state index contributed by atoms with van der Waals surface area (Å²) in [4.78, 5) is 24.1. The molecule has 0 bridgehead atoms. The van der Waals surface area contributed by atoms with Crippen molar-refractivity contribution in [1.29, 1.82) is 0 Å². The molecule has 3 aliphatic rings. The number of hydrogen-bond acceptors (Lipinski definition) is 8. The van der Waals surface area contributed by atoms with Crippen LogP contribution in [-0.2, 0) is 18.0 Å². The van der Waals surface area contributed by atoms with E-state index in [1.807, 2.05) is 23.5 Å². The standard InChI is InChI=1S/C14H20O4S4/c15-13(17-21-7-11-5-19-11)9-2-1-3-10(4-9)14(16)18-22-8-12-6-20-12/h9-12H,1-8H2. The molecule has 8 heteroatoms. The molecule has 0 aromatic rings. The summed E-state index contributed by atoms with van der Waals surface area (Å²) < 4.78 is 10.6. The second kappa shape index (κ2) is 8.44. The fraction of sp³-hybridized carbons (Fsp3) is 0.857. The monoisotopic (exact) mass is 380 g/mol. The van der Waals surface area contributed by atoms with E-state index in [0.29, 0.717) is 16.9 Å². The van der Waals surface area contributed by atoms with Crippen LogP contribution in [0.1, 0.15) is 25.7 Å². The molecule has 0 N–H and O–H groups in total. The predicted octanol–water partition coefficient (Wildman–Crippen LogP) is 3.41. The molecule has 3 fully saturated rings. The fourth-order valence-electron chi connectivity index (χ4n) is 2.42. The van der Waals surface area contributed by atoms with Crippen molar-refractivity contribution < 1.29 is 18.0 Å². The van der Waals surface area contributed by atoms with Gasteiger partial charge in [-0.2, -0.15) is 23.5 Å². The summed E-state index contributed by atoms with van der Waals surface area (Å²) in [5.74, 6) is 3.52. The molecule has 4 unspecified atom stereocenters. The van der Waals surface area contributed by atoms with E-state index in [0.717, 1.165) is 30.8 Å². The van der Waals surface area contributed by atoms with Crippen molar-refractivity contribution >= 4 is 59.5 Å². The minimum Gasteiger partial charge on any atom is -0.391 e. The zero-order valence-corrected chi connectivity index (χ0v) is 15.5. The minimum atomic E-state index is -0.157. The number of carbonyl (C=O) groups excluding carboxylic acids is 2. The van der Waals surface area contributed by atoms with Gasteiger partial charge in [0.25, 0.3) is 0 Å². The molecule has 22 heavy (non-hydrogen) atoms. The summed E-state index contributed by atoms with van der Waals surface area (Å²) in [5.41, 5.74) is 0. The Labute approximate surface area is 148 Å². The molecule has 4 atom stereocenters. The molecule has 0 spiro atoms. The third kappa shape index (κ3) is 5.76. The van der Waals surface area contributed by atoms with Crippen molar-refractivity contribution in [2.45, 2.75) is 36.2 Å². The van der Waals surface area contributed by atoms with E-state index < -0.39 is 0 Å². The van der Waals surface area contributed by atoms with Crippen LogP contribution in [0.25, 0.3) is 0 Å².